The van der Waals surface area contributed by atoms with E-state index < -0.39 is 17.8 Å². The Morgan fingerprint density at radius 2 is 1.92 bits per heavy atom. The maximum absolute atomic E-state index is 12.9. The monoisotopic (exact) mass is 347 g/mol. The van der Waals surface area contributed by atoms with Crippen LogP contribution in [0.4, 0.5) is 23.7 Å². The Morgan fingerprint density at radius 1 is 1.12 bits per heavy atom. The Balaban J connectivity index is 1.87. The highest BCUT2D eigenvalue weighted by Gasteiger charge is 2.30. The lowest BCUT2D eigenvalue weighted by atomic mass is 10.0. The number of aromatic nitrogens is 2. The van der Waals surface area contributed by atoms with Crippen LogP contribution in [0.2, 0.25) is 0 Å². The minimum Gasteiger partial charge on any atom is -0.407 e. The van der Waals surface area contributed by atoms with Crippen LogP contribution in [0.15, 0.2) is 60.9 Å². The van der Waals surface area contributed by atoms with Crippen LogP contribution in [0.1, 0.15) is 5.56 Å². The summed E-state index contributed by atoms with van der Waals surface area (Å²) in [4.78, 5) is 11.9. The Kier molecular flexibility index (Phi) is 4.42. The van der Waals surface area contributed by atoms with E-state index in [-0.39, 0.29) is 5.75 Å². The summed E-state index contributed by atoms with van der Waals surface area (Å²) in [6.07, 6.45) is -2.52. The smallest absolute Gasteiger partial charge is 0.407 e. The lowest BCUT2D eigenvalue weighted by molar-refractivity contribution is -0.137. The van der Waals surface area contributed by atoms with Crippen molar-refractivity contribution in [2.24, 2.45) is 0 Å². The van der Waals surface area contributed by atoms with Crippen LogP contribution in [0, 0.1) is 0 Å². The quantitative estimate of drug-likeness (QED) is 0.721. The fourth-order valence-electron chi connectivity index (χ4n) is 2.24. The van der Waals surface area contributed by atoms with Crippen LogP contribution in [0.25, 0.3) is 11.1 Å². The van der Waals surface area contributed by atoms with Crippen LogP contribution >= 0.6 is 0 Å². The van der Waals surface area contributed by atoms with E-state index in [9.17, 15) is 18.0 Å². The SMILES string of the molecule is O=C(Nc1ccccc1-c1cccc(C(F)(F)F)c1)Oc1cn[nH]c1. The van der Waals surface area contributed by atoms with Gasteiger partial charge in [-0.2, -0.15) is 18.3 Å². The molecule has 2 aromatic carbocycles. The van der Waals surface area contributed by atoms with Crippen LogP contribution in [0.3, 0.4) is 0 Å². The van der Waals surface area contributed by atoms with E-state index >= 15 is 0 Å². The molecule has 3 aromatic rings. The van der Waals surface area contributed by atoms with E-state index in [4.69, 9.17) is 4.74 Å². The molecule has 0 bridgehead atoms. The van der Waals surface area contributed by atoms with Gasteiger partial charge < -0.3 is 4.74 Å². The number of amides is 1. The molecule has 8 heteroatoms. The van der Waals surface area contributed by atoms with Gasteiger partial charge in [0.25, 0.3) is 0 Å². The van der Waals surface area contributed by atoms with Crippen molar-refractivity contribution >= 4 is 11.8 Å². The fourth-order valence-corrected chi connectivity index (χ4v) is 2.24. The maximum Gasteiger partial charge on any atom is 0.417 e. The number of nitrogens with one attached hydrogen (secondary N) is 2. The average molecular weight is 347 g/mol. The summed E-state index contributed by atoms with van der Waals surface area (Å²) in [5.41, 5.74) is 0.336. The molecular formula is C17H12F3N3O2. The first-order valence-corrected chi connectivity index (χ1v) is 7.18. The number of halogens is 3. The van der Waals surface area contributed by atoms with E-state index in [1.807, 2.05) is 0 Å². The number of para-hydroxylation sites is 1. The molecule has 1 heterocycles. The lowest BCUT2D eigenvalue weighted by Gasteiger charge is -2.13. The molecule has 128 valence electrons. The number of H-pyrrole nitrogens is 1. The van der Waals surface area contributed by atoms with E-state index in [2.05, 4.69) is 15.5 Å². The molecule has 0 spiro atoms. The molecule has 0 aliphatic heterocycles. The summed E-state index contributed by atoms with van der Waals surface area (Å²) < 4.78 is 43.7. The molecule has 0 aliphatic carbocycles. The molecule has 5 nitrogen and oxygen atoms in total. The van der Waals surface area contributed by atoms with Gasteiger partial charge in [-0.15, -0.1) is 0 Å². The number of ether oxygens (including phenoxy) is 1. The molecule has 0 saturated carbocycles. The van der Waals surface area contributed by atoms with Crippen molar-refractivity contribution in [3.63, 3.8) is 0 Å². The molecule has 2 N–H and O–H groups in total. The standard InChI is InChI=1S/C17H12F3N3O2/c18-17(19,20)12-5-3-4-11(8-12)14-6-1-2-7-15(14)23-16(24)25-13-9-21-22-10-13/h1-10H,(H,21,22)(H,23,24). The number of hydrogen-bond acceptors (Lipinski definition) is 3. The zero-order valence-corrected chi connectivity index (χ0v) is 12.7. The van der Waals surface area contributed by atoms with Crippen molar-refractivity contribution in [2.45, 2.75) is 6.18 Å². The lowest BCUT2D eigenvalue weighted by Crippen LogP contribution is -2.17. The Morgan fingerprint density at radius 3 is 2.64 bits per heavy atom. The Hall–Kier alpha value is -3.29. The molecule has 3 rings (SSSR count). The van der Waals surface area contributed by atoms with E-state index in [0.29, 0.717) is 16.8 Å². The zero-order valence-electron chi connectivity index (χ0n) is 12.7. The number of carbonyl (C=O) groups is 1. The van der Waals surface area contributed by atoms with Crippen molar-refractivity contribution in [1.29, 1.82) is 0 Å². The van der Waals surface area contributed by atoms with E-state index in [1.165, 1.54) is 24.5 Å². The van der Waals surface area contributed by atoms with Crippen molar-refractivity contribution in [3.05, 3.63) is 66.5 Å². The molecule has 1 amide bonds. The number of anilines is 1. The fraction of sp³-hybridized carbons (Fsp3) is 0.0588. The van der Waals surface area contributed by atoms with Crippen molar-refractivity contribution in [2.75, 3.05) is 5.32 Å². The summed E-state index contributed by atoms with van der Waals surface area (Å²) in [5, 5.41) is 8.66. The predicted molar refractivity (Wildman–Crippen MR) is 85.1 cm³/mol. The van der Waals surface area contributed by atoms with Crippen molar-refractivity contribution < 1.29 is 22.7 Å². The average Bonchev–Trinajstić information content (AvgIpc) is 3.07. The third kappa shape index (κ3) is 3.97. The number of rotatable bonds is 3. The van der Waals surface area contributed by atoms with Gasteiger partial charge in [-0.25, -0.2) is 4.79 Å². The molecule has 25 heavy (non-hydrogen) atoms. The predicted octanol–water partition coefficient (Wildman–Crippen LogP) is 4.71. The first-order valence-electron chi connectivity index (χ1n) is 7.18. The van der Waals surface area contributed by atoms with Gasteiger partial charge in [-0.3, -0.25) is 10.4 Å². The van der Waals surface area contributed by atoms with Gasteiger partial charge in [0.05, 0.1) is 23.6 Å². The van der Waals surface area contributed by atoms with Crippen LogP contribution in [-0.4, -0.2) is 16.3 Å². The summed E-state index contributed by atoms with van der Waals surface area (Å²) in [5.74, 6) is 0.217. The van der Waals surface area contributed by atoms with Gasteiger partial charge in [-0.05, 0) is 23.8 Å². The molecular weight excluding hydrogens is 335 g/mol. The van der Waals surface area contributed by atoms with Crippen molar-refractivity contribution in [3.8, 4) is 16.9 Å². The van der Waals surface area contributed by atoms with E-state index in [1.54, 1.807) is 24.3 Å². The Labute approximate surface area is 140 Å². The normalized spacial score (nSPS) is 11.2. The number of carbonyl (C=O) groups excluding carboxylic acids is 1. The van der Waals surface area contributed by atoms with Crippen LogP contribution in [-0.2, 0) is 6.18 Å². The van der Waals surface area contributed by atoms with Gasteiger partial charge in [0.1, 0.15) is 0 Å². The third-order valence-corrected chi connectivity index (χ3v) is 3.35. The molecule has 0 aliphatic rings. The highest BCUT2D eigenvalue weighted by atomic mass is 19.4. The number of aromatic amines is 1. The first kappa shape index (κ1) is 16.6. The van der Waals surface area contributed by atoms with Gasteiger partial charge >= 0.3 is 12.3 Å². The van der Waals surface area contributed by atoms with Gasteiger partial charge in [0, 0.05) is 5.56 Å². The molecule has 0 atom stereocenters. The second-order valence-corrected chi connectivity index (χ2v) is 5.07. The van der Waals surface area contributed by atoms with E-state index in [0.717, 1.165) is 12.1 Å². The number of hydrogen-bond donors (Lipinski definition) is 2. The topological polar surface area (TPSA) is 67.0 Å². The summed E-state index contributed by atoms with van der Waals surface area (Å²) in [6.45, 7) is 0. The number of alkyl halides is 3. The third-order valence-electron chi connectivity index (χ3n) is 3.35. The molecule has 0 radical (unpaired) electrons. The minimum absolute atomic E-state index is 0.217. The van der Waals surface area contributed by atoms with Crippen LogP contribution in [0.5, 0.6) is 5.75 Å². The zero-order chi connectivity index (χ0) is 17.9. The second-order valence-electron chi connectivity index (χ2n) is 5.07. The molecule has 0 unspecified atom stereocenters. The summed E-state index contributed by atoms with van der Waals surface area (Å²) in [7, 11) is 0. The molecule has 1 aromatic heterocycles. The first-order chi connectivity index (χ1) is 11.9. The van der Waals surface area contributed by atoms with Gasteiger partial charge in [-0.1, -0.05) is 30.3 Å². The minimum atomic E-state index is -4.45. The van der Waals surface area contributed by atoms with Gasteiger partial charge in [0.15, 0.2) is 5.75 Å². The highest BCUT2D eigenvalue weighted by molar-refractivity contribution is 5.92. The largest absolute Gasteiger partial charge is 0.417 e. The van der Waals surface area contributed by atoms with Crippen molar-refractivity contribution in [1.82, 2.24) is 10.2 Å². The maximum atomic E-state index is 12.9. The van der Waals surface area contributed by atoms with Gasteiger partial charge in [0.2, 0.25) is 0 Å². The summed E-state index contributed by atoms with van der Waals surface area (Å²) >= 11 is 0. The summed E-state index contributed by atoms with van der Waals surface area (Å²) in [6, 6.07) is 11.4. The Bertz CT molecular complexity index is 877. The number of benzene rings is 2. The molecule has 0 saturated heterocycles. The highest BCUT2D eigenvalue weighted by Crippen LogP contribution is 2.34. The number of nitrogens with zero attached hydrogens (tertiary/aromatic N) is 1. The van der Waals surface area contributed by atoms with Crippen LogP contribution < -0.4 is 10.1 Å². The second kappa shape index (κ2) is 6.68. The molecule has 0 fully saturated rings.